The lowest BCUT2D eigenvalue weighted by molar-refractivity contribution is -0.135. The van der Waals surface area contributed by atoms with E-state index in [-0.39, 0.29) is 29.9 Å². The number of nitrogens with two attached hydrogens (primary N) is 1. The highest BCUT2D eigenvalue weighted by Crippen LogP contribution is 2.32. The Kier molecular flexibility index (Phi) is 11.2. The van der Waals surface area contributed by atoms with E-state index < -0.39 is 11.9 Å². The van der Waals surface area contributed by atoms with Crippen LogP contribution in [0, 0.1) is 0 Å². The van der Waals surface area contributed by atoms with Gasteiger partial charge < -0.3 is 30.7 Å². The van der Waals surface area contributed by atoms with Crippen LogP contribution in [-0.4, -0.2) is 106 Å². The van der Waals surface area contributed by atoms with Crippen LogP contribution in [0.3, 0.4) is 0 Å². The van der Waals surface area contributed by atoms with Gasteiger partial charge in [0.2, 0.25) is 11.8 Å². The Balaban J connectivity index is 0.788. The lowest BCUT2D eigenvalue weighted by Gasteiger charge is -2.37. The number of carbonyl (C=O) groups is 2. The van der Waals surface area contributed by atoms with Gasteiger partial charge in [0, 0.05) is 77.1 Å². The van der Waals surface area contributed by atoms with E-state index in [1.54, 1.807) is 28.3 Å². The predicted molar refractivity (Wildman–Crippen MR) is 219 cm³/mol. The number of rotatable bonds is 12. The van der Waals surface area contributed by atoms with Crippen molar-refractivity contribution in [3.8, 4) is 17.0 Å². The first-order valence-electron chi connectivity index (χ1n) is 19.8. The molecule has 0 spiro atoms. The molecule has 5 heterocycles. The number of hydrogen-bond acceptors (Lipinski definition) is 12. The lowest BCUT2D eigenvalue weighted by Crippen LogP contribution is -2.47. The third kappa shape index (κ3) is 8.22. The summed E-state index contributed by atoms with van der Waals surface area (Å²) in [7, 11) is 1.75. The zero-order valence-corrected chi connectivity index (χ0v) is 32.3. The fraction of sp³-hybridized carbons (Fsp3) is 0.405. The number of anilines is 3. The highest BCUT2D eigenvalue weighted by Gasteiger charge is 2.32. The Morgan fingerprint density at radius 2 is 1.74 bits per heavy atom. The van der Waals surface area contributed by atoms with Crippen molar-refractivity contribution in [1.82, 2.24) is 34.9 Å². The van der Waals surface area contributed by atoms with Gasteiger partial charge in [-0.25, -0.2) is 4.79 Å². The number of para-hydroxylation sites is 2. The van der Waals surface area contributed by atoms with E-state index in [0.717, 1.165) is 94.0 Å². The number of imidazole rings is 1. The van der Waals surface area contributed by atoms with Crippen molar-refractivity contribution in [2.45, 2.75) is 44.4 Å². The van der Waals surface area contributed by atoms with Crippen molar-refractivity contribution in [2.75, 3.05) is 74.5 Å². The Hall–Kier alpha value is -5.77. The molecule has 5 aromatic rings. The SMILES string of the molecule is Cn1c(=O)n(C2CCC(=O)NC2=O)c2cccc(CCCN3CCO[C@H](CNCc4ccc(N5CCN(c6cc(-c7ccccc7O)nnc6N)CC5)cc4)C3)c21. The van der Waals surface area contributed by atoms with Crippen LogP contribution in [0.4, 0.5) is 17.2 Å². The summed E-state index contributed by atoms with van der Waals surface area (Å²) in [5.74, 6) is -0.174. The lowest BCUT2D eigenvalue weighted by atomic mass is 10.0. The van der Waals surface area contributed by atoms with Gasteiger partial charge in [-0.2, -0.15) is 0 Å². The molecule has 2 amide bonds. The first kappa shape index (κ1) is 38.1. The Morgan fingerprint density at radius 3 is 2.53 bits per heavy atom. The van der Waals surface area contributed by atoms with Crippen LogP contribution in [0.5, 0.6) is 5.75 Å². The van der Waals surface area contributed by atoms with Crippen molar-refractivity contribution >= 4 is 40.0 Å². The molecule has 5 N–H and O–H groups in total. The molecule has 3 aliphatic heterocycles. The van der Waals surface area contributed by atoms with Gasteiger partial charge in [0.1, 0.15) is 11.8 Å². The minimum atomic E-state index is -0.688. The summed E-state index contributed by atoms with van der Waals surface area (Å²) in [6.07, 6.45) is 2.36. The van der Waals surface area contributed by atoms with Crippen molar-refractivity contribution in [3.05, 3.63) is 94.4 Å². The van der Waals surface area contributed by atoms with Crippen LogP contribution in [0.2, 0.25) is 0 Å². The Morgan fingerprint density at radius 1 is 0.947 bits per heavy atom. The zero-order chi connectivity index (χ0) is 39.5. The molecule has 3 saturated heterocycles. The number of aromatic nitrogens is 4. The summed E-state index contributed by atoms with van der Waals surface area (Å²) in [5.41, 5.74) is 13.1. The number of benzene rings is 3. The fourth-order valence-electron chi connectivity index (χ4n) is 8.43. The van der Waals surface area contributed by atoms with E-state index in [9.17, 15) is 19.5 Å². The number of carbonyl (C=O) groups excluding carboxylic acids is 2. The molecule has 15 nitrogen and oxygen atoms in total. The molecular weight excluding hydrogens is 725 g/mol. The predicted octanol–water partition coefficient (Wildman–Crippen LogP) is 2.81. The van der Waals surface area contributed by atoms with Gasteiger partial charge in [-0.05, 0) is 73.3 Å². The number of phenolic OH excluding ortho intramolecular Hbond substituents is 1. The van der Waals surface area contributed by atoms with Gasteiger partial charge in [0.15, 0.2) is 5.82 Å². The molecule has 0 aliphatic carbocycles. The van der Waals surface area contributed by atoms with Gasteiger partial charge in [-0.1, -0.05) is 36.4 Å². The van der Waals surface area contributed by atoms with Crippen LogP contribution in [0.1, 0.15) is 36.4 Å². The number of aryl methyl sites for hydroxylation is 2. The second-order valence-electron chi connectivity index (χ2n) is 15.1. The summed E-state index contributed by atoms with van der Waals surface area (Å²) in [4.78, 5) is 44.7. The number of nitrogens with one attached hydrogen (secondary N) is 2. The number of imide groups is 1. The summed E-state index contributed by atoms with van der Waals surface area (Å²) in [6.45, 7) is 8.11. The number of amides is 2. The molecule has 2 aromatic heterocycles. The summed E-state index contributed by atoms with van der Waals surface area (Å²) in [6, 6.07) is 23.0. The maximum Gasteiger partial charge on any atom is 0.329 e. The molecule has 3 aromatic carbocycles. The average Bonchev–Trinajstić information content (AvgIpc) is 3.48. The molecule has 8 rings (SSSR count). The largest absolute Gasteiger partial charge is 0.507 e. The first-order chi connectivity index (χ1) is 27.7. The third-order valence-electron chi connectivity index (χ3n) is 11.5. The molecule has 57 heavy (non-hydrogen) atoms. The van der Waals surface area contributed by atoms with Crippen molar-refractivity contribution in [1.29, 1.82) is 0 Å². The normalized spacial score (nSPS) is 19.3. The Labute approximate surface area is 331 Å². The quantitative estimate of drug-likeness (QED) is 0.137. The number of nitrogen functional groups attached to an aromatic ring is 1. The molecular formula is C42H50N10O5. The second-order valence-corrected chi connectivity index (χ2v) is 15.1. The van der Waals surface area contributed by atoms with Crippen LogP contribution in [0.15, 0.2) is 77.6 Å². The highest BCUT2D eigenvalue weighted by molar-refractivity contribution is 6.00. The molecule has 3 aliphatic rings. The van der Waals surface area contributed by atoms with Crippen molar-refractivity contribution < 1.29 is 19.4 Å². The topological polar surface area (TPSA) is 176 Å². The number of phenols is 1. The number of aromatic hydroxyl groups is 1. The van der Waals surface area contributed by atoms with Gasteiger partial charge >= 0.3 is 5.69 Å². The van der Waals surface area contributed by atoms with E-state index in [1.165, 1.54) is 11.3 Å². The highest BCUT2D eigenvalue weighted by atomic mass is 16.5. The maximum absolute atomic E-state index is 13.3. The van der Waals surface area contributed by atoms with Crippen LogP contribution >= 0.6 is 0 Å². The maximum atomic E-state index is 13.3. The minimum absolute atomic E-state index is 0.0974. The molecule has 0 saturated carbocycles. The van der Waals surface area contributed by atoms with Crippen LogP contribution in [-0.2, 0) is 34.3 Å². The van der Waals surface area contributed by atoms with Crippen molar-refractivity contribution in [3.63, 3.8) is 0 Å². The Bertz CT molecular complexity index is 2300. The summed E-state index contributed by atoms with van der Waals surface area (Å²) in [5, 5.41) is 24.7. The second kappa shape index (κ2) is 16.8. The zero-order valence-electron chi connectivity index (χ0n) is 32.3. The number of nitrogens with zero attached hydrogens (tertiary/aromatic N) is 7. The van der Waals surface area contributed by atoms with Gasteiger partial charge in [-0.3, -0.25) is 28.9 Å². The minimum Gasteiger partial charge on any atom is -0.507 e. The van der Waals surface area contributed by atoms with E-state index in [0.29, 0.717) is 30.1 Å². The van der Waals surface area contributed by atoms with E-state index in [1.807, 2.05) is 30.3 Å². The number of fused-ring (bicyclic) bond motifs is 1. The standard InChI is InChI=1S/C42H50N10O5/c1-48-39-29(6-4-9-34(39)52(42(48)56)35-15-16-38(54)45-41(35)55)7-5-17-49-22-23-57-31(27-49)26-44-25-28-11-13-30(14-12-28)50-18-20-51(21-19-50)36-24-33(46-47-40(36)43)32-8-2-3-10-37(32)53/h2-4,6,8-14,24,31,35,44,53H,5,7,15-23,25-27H2,1H3,(H2,43,47)(H,45,54,55)/t31-,35?/m1/s1. The van der Waals surface area contributed by atoms with Crippen LogP contribution in [0.25, 0.3) is 22.3 Å². The monoisotopic (exact) mass is 774 g/mol. The van der Waals surface area contributed by atoms with Gasteiger partial charge in [0.25, 0.3) is 0 Å². The molecule has 1 unspecified atom stereocenters. The van der Waals surface area contributed by atoms with E-state index >= 15 is 0 Å². The first-order valence-corrected chi connectivity index (χ1v) is 19.8. The van der Waals surface area contributed by atoms with Gasteiger partial charge in [0.05, 0.1) is 35.1 Å². The molecule has 15 heteroatoms. The smallest absolute Gasteiger partial charge is 0.329 e. The molecule has 0 radical (unpaired) electrons. The number of piperidine rings is 1. The molecule has 0 bridgehead atoms. The number of ether oxygens (including phenoxy) is 1. The van der Waals surface area contributed by atoms with Gasteiger partial charge in [-0.15, -0.1) is 10.2 Å². The molecule has 298 valence electrons. The third-order valence-corrected chi connectivity index (χ3v) is 11.5. The number of hydrogen-bond donors (Lipinski definition) is 4. The van der Waals surface area contributed by atoms with Crippen molar-refractivity contribution in [2.24, 2.45) is 7.05 Å². The fourth-order valence-corrected chi connectivity index (χ4v) is 8.43. The average molecular weight is 775 g/mol. The number of piperazine rings is 1. The summed E-state index contributed by atoms with van der Waals surface area (Å²) < 4.78 is 9.30. The number of morpholine rings is 1. The van der Waals surface area contributed by atoms with E-state index in [2.05, 4.69) is 65.9 Å². The van der Waals surface area contributed by atoms with Crippen LogP contribution < -0.4 is 31.9 Å². The molecule has 2 atom stereocenters. The van der Waals surface area contributed by atoms with E-state index in [4.69, 9.17) is 10.5 Å². The summed E-state index contributed by atoms with van der Waals surface area (Å²) >= 11 is 0. The molecule has 3 fully saturated rings.